The van der Waals surface area contributed by atoms with Crippen LogP contribution in [0.15, 0.2) is 0 Å². The van der Waals surface area contributed by atoms with Gasteiger partial charge in [0.25, 0.3) is 0 Å². The van der Waals surface area contributed by atoms with E-state index in [4.69, 9.17) is 9.47 Å². The lowest BCUT2D eigenvalue weighted by atomic mass is 10.0. The Morgan fingerprint density at radius 1 is 1.22 bits per heavy atom. The molecule has 0 saturated carbocycles. The van der Waals surface area contributed by atoms with Crippen molar-refractivity contribution >= 4 is 18.0 Å². The van der Waals surface area contributed by atoms with E-state index in [1.807, 2.05) is 0 Å². The zero-order chi connectivity index (χ0) is 17.8. The van der Waals surface area contributed by atoms with E-state index in [2.05, 4.69) is 0 Å². The summed E-state index contributed by atoms with van der Waals surface area (Å²) < 4.78 is 10.3. The van der Waals surface area contributed by atoms with Gasteiger partial charge in [0, 0.05) is 20.6 Å². The molecule has 0 unspecified atom stereocenters. The maximum atomic E-state index is 12.4. The Bertz CT molecular complexity index is 456. The highest BCUT2D eigenvalue weighted by molar-refractivity contribution is 5.86. The molecule has 0 aliphatic carbocycles. The zero-order valence-electron chi connectivity index (χ0n) is 14.9. The molecule has 1 heterocycles. The van der Waals surface area contributed by atoms with Gasteiger partial charge >= 0.3 is 12.1 Å². The first-order chi connectivity index (χ1) is 10.5. The molecular weight excluding hydrogens is 300 g/mol. The number of likely N-dealkylation sites (N-methyl/N-ethyl adjacent to an activating group) is 1. The van der Waals surface area contributed by atoms with Crippen LogP contribution in [0, 0.1) is 5.92 Å². The van der Waals surface area contributed by atoms with Crippen LogP contribution in [0.4, 0.5) is 4.79 Å². The number of esters is 1. The van der Waals surface area contributed by atoms with Gasteiger partial charge in [-0.25, -0.2) is 4.79 Å². The predicted molar refractivity (Wildman–Crippen MR) is 84.8 cm³/mol. The van der Waals surface area contributed by atoms with Crippen LogP contribution in [-0.2, 0) is 19.1 Å². The third kappa shape index (κ3) is 5.73. The highest BCUT2D eigenvalue weighted by Gasteiger charge is 2.42. The van der Waals surface area contributed by atoms with E-state index in [0.717, 1.165) is 0 Å². The molecule has 2 atom stereocenters. The van der Waals surface area contributed by atoms with Crippen LogP contribution < -0.4 is 0 Å². The summed E-state index contributed by atoms with van der Waals surface area (Å²) in [6, 6.07) is -0.598. The summed E-state index contributed by atoms with van der Waals surface area (Å²) in [7, 11) is 3.29. The molecule has 0 spiro atoms. The number of amides is 2. The normalized spacial score (nSPS) is 21.0. The Labute approximate surface area is 137 Å². The van der Waals surface area contributed by atoms with Crippen molar-refractivity contribution in [2.45, 2.75) is 52.2 Å². The van der Waals surface area contributed by atoms with E-state index in [-0.39, 0.29) is 24.2 Å². The number of hydrogen-bond acceptors (Lipinski definition) is 5. The molecule has 1 rings (SSSR count). The molecule has 1 aliphatic heterocycles. The van der Waals surface area contributed by atoms with Crippen molar-refractivity contribution < 1.29 is 23.9 Å². The molecule has 132 valence electrons. The van der Waals surface area contributed by atoms with Crippen LogP contribution in [0.25, 0.3) is 0 Å². The van der Waals surface area contributed by atoms with Gasteiger partial charge in [-0.05, 0) is 40.0 Å². The van der Waals surface area contributed by atoms with Gasteiger partial charge in [-0.3, -0.25) is 14.5 Å². The van der Waals surface area contributed by atoms with E-state index in [9.17, 15) is 14.4 Å². The quantitative estimate of drug-likeness (QED) is 0.734. The monoisotopic (exact) mass is 328 g/mol. The molecular formula is C16H28N2O5. The maximum Gasteiger partial charge on any atom is 0.410 e. The third-order valence-corrected chi connectivity index (χ3v) is 3.50. The van der Waals surface area contributed by atoms with Crippen molar-refractivity contribution in [3.05, 3.63) is 0 Å². The topological polar surface area (TPSA) is 76.2 Å². The van der Waals surface area contributed by atoms with E-state index >= 15 is 0 Å². The highest BCUT2D eigenvalue weighted by Crippen LogP contribution is 2.29. The van der Waals surface area contributed by atoms with Gasteiger partial charge in [-0.1, -0.05) is 0 Å². The molecule has 1 saturated heterocycles. The van der Waals surface area contributed by atoms with Crippen molar-refractivity contribution in [3.8, 4) is 0 Å². The van der Waals surface area contributed by atoms with Crippen molar-refractivity contribution in [2.75, 3.05) is 27.2 Å². The fourth-order valence-corrected chi connectivity index (χ4v) is 2.58. The minimum Gasteiger partial charge on any atom is -0.466 e. The smallest absolute Gasteiger partial charge is 0.410 e. The fourth-order valence-electron chi connectivity index (χ4n) is 2.58. The van der Waals surface area contributed by atoms with Crippen LogP contribution in [0.3, 0.4) is 0 Å². The second kappa shape index (κ2) is 7.66. The van der Waals surface area contributed by atoms with Gasteiger partial charge in [0.1, 0.15) is 11.6 Å². The summed E-state index contributed by atoms with van der Waals surface area (Å²) in [5.41, 5.74) is -0.637. The number of carbonyl (C=O) groups excluding carboxylic acids is 3. The number of carbonyl (C=O) groups is 3. The van der Waals surface area contributed by atoms with Crippen LogP contribution in [0.2, 0.25) is 0 Å². The first-order valence-corrected chi connectivity index (χ1v) is 7.91. The lowest BCUT2D eigenvalue weighted by molar-refractivity contribution is -0.144. The molecule has 2 amide bonds. The SMILES string of the molecule is CCOC(=O)C[C@H]1C[C@@H](C(=O)N(C)C)N(C(=O)OC(C)(C)C)C1. The molecule has 0 aromatic rings. The Balaban J connectivity index is 2.84. The lowest BCUT2D eigenvalue weighted by Crippen LogP contribution is -2.47. The number of likely N-dealkylation sites (tertiary alicyclic amines) is 1. The average molecular weight is 328 g/mol. The molecule has 1 aliphatic rings. The summed E-state index contributed by atoms with van der Waals surface area (Å²) in [6.45, 7) is 7.72. The Morgan fingerprint density at radius 2 is 1.83 bits per heavy atom. The van der Waals surface area contributed by atoms with Crippen molar-refractivity contribution in [2.24, 2.45) is 5.92 Å². The highest BCUT2D eigenvalue weighted by atomic mass is 16.6. The minimum atomic E-state index is -0.637. The van der Waals surface area contributed by atoms with Gasteiger partial charge in [-0.15, -0.1) is 0 Å². The largest absolute Gasteiger partial charge is 0.466 e. The zero-order valence-corrected chi connectivity index (χ0v) is 14.9. The summed E-state index contributed by atoms with van der Waals surface area (Å²) in [5, 5.41) is 0. The first-order valence-electron chi connectivity index (χ1n) is 7.91. The summed E-state index contributed by atoms with van der Waals surface area (Å²) >= 11 is 0. The van der Waals surface area contributed by atoms with E-state index in [0.29, 0.717) is 19.6 Å². The number of rotatable bonds is 4. The number of hydrogen-bond donors (Lipinski definition) is 0. The summed E-state index contributed by atoms with van der Waals surface area (Å²) in [4.78, 5) is 39.3. The lowest BCUT2D eigenvalue weighted by Gasteiger charge is -2.29. The fraction of sp³-hybridized carbons (Fsp3) is 0.812. The van der Waals surface area contributed by atoms with Crippen molar-refractivity contribution in [3.63, 3.8) is 0 Å². The molecule has 23 heavy (non-hydrogen) atoms. The molecule has 0 bridgehead atoms. The molecule has 0 aromatic heterocycles. The van der Waals surface area contributed by atoms with E-state index < -0.39 is 17.7 Å². The van der Waals surface area contributed by atoms with Crippen LogP contribution in [0.5, 0.6) is 0 Å². The first kappa shape index (κ1) is 19.3. The van der Waals surface area contributed by atoms with Gasteiger partial charge in [0.15, 0.2) is 0 Å². The van der Waals surface area contributed by atoms with Gasteiger partial charge in [0.05, 0.1) is 13.0 Å². The Morgan fingerprint density at radius 3 is 2.30 bits per heavy atom. The second-order valence-electron chi connectivity index (χ2n) is 6.99. The van der Waals surface area contributed by atoms with Gasteiger partial charge in [-0.2, -0.15) is 0 Å². The van der Waals surface area contributed by atoms with Crippen molar-refractivity contribution in [1.29, 1.82) is 0 Å². The maximum absolute atomic E-state index is 12.4. The minimum absolute atomic E-state index is 0.101. The third-order valence-electron chi connectivity index (χ3n) is 3.50. The molecule has 0 aromatic carbocycles. The molecule has 1 fully saturated rings. The second-order valence-corrected chi connectivity index (χ2v) is 6.99. The van der Waals surface area contributed by atoms with Crippen molar-refractivity contribution in [1.82, 2.24) is 9.80 Å². The Hall–Kier alpha value is -1.79. The molecule has 7 nitrogen and oxygen atoms in total. The number of ether oxygens (including phenoxy) is 2. The summed E-state index contributed by atoms with van der Waals surface area (Å²) in [6.07, 6.45) is 0.114. The molecule has 0 N–H and O–H groups in total. The van der Waals surface area contributed by atoms with Gasteiger partial charge in [0.2, 0.25) is 5.91 Å². The van der Waals surface area contributed by atoms with Crippen LogP contribution in [0.1, 0.15) is 40.5 Å². The standard InChI is InChI=1S/C16H28N2O5/c1-7-22-13(19)9-11-8-12(14(20)17(5)6)18(10-11)15(21)23-16(2,3)4/h11-12H,7-10H2,1-6H3/t11-,12+/m1/s1. The van der Waals surface area contributed by atoms with E-state index in [1.54, 1.807) is 41.8 Å². The van der Waals surface area contributed by atoms with Gasteiger partial charge < -0.3 is 14.4 Å². The molecule has 7 heteroatoms. The number of nitrogens with zero attached hydrogens (tertiary/aromatic N) is 2. The average Bonchev–Trinajstić information content (AvgIpc) is 2.79. The van der Waals surface area contributed by atoms with Crippen LogP contribution in [-0.4, -0.2) is 66.7 Å². The summed E-state index contributed by atoms with van der Waals surface area (Å²) in [5.74, 6) is -0.572. The Kier molecular flexibility index (Phi) is 6.41. The molecule has 0 radical (unpaired) electrons. The van der Waals surface area contributed by atoms with Crippen LogP contribution >= 0.6 is 0 Å². The predicted octanol–water partition coefficient (Wildman–Crippen LogP) is 1.65. The van der Waals surface area contributed by atoms with E-state index in [1.165, 1.54) is 9.80 Å².